The van der Waals surface area contributed by atoms with E-state index in [1.54, 1.807) is 25.1 Å². The largest absolute Gasteiger partial charge is 0.243 e. The SMILES string of the molecule is CCN(C1CCS(=O)(=O)C1)S(=O)(=O)c1ccccc1. The molecule has 7 heteroatoms. The lowest BCUT2D eigenvalue weighted by Crippen LogP contribution is -2.40. The number of nitrogens with zero attached hydrogens (tertiary/aromatic N) is 1. The van der Waals surface area contributed by atoms with Crippen molar-refractivity contribution in [2.75, 3.05) is 18.1 Å². The molecule has 1 unspecified atom stereocenters. The maximum Gasteiger partial charge on any atom is 0.243 e. The normalized spacial score (nSPS) is 22.7. The number of hydrogen-bond acceptors (Lipinski definition) is 4. The molecule has 0 bridgehead atoms. The third-order valence-corrected chi connectivity index (χ3v) is 7.07. The van der Waals surface area contributed by atoms with E-state index < -0.39 is 25.9 Å². The van der Waals surface area contributed by atoms with Gasteiger partial charge in [0.15, 0.2) is 9.84 Å². The van der Waals surface area contributed by atoms with Crippen LogP contribution >= 0.6 is 0 Å². The molecule has 1 saturated heterocycles. The molecular weight excluding hydrogens is 286 g/mol. The standard InChI is InChI=1S/C12H17NO4S2/c1-2-13(11-8-9-18(14,15)10-11)19(16,17)12-6-4-3-5-7-12/h3-7,11H,2,8-10H2,1H3. The number of sulfone groups is 1. The van der Waals surface area contributed by atoms with E-state index in [2.05, 4.69) is 0 Å². The van der Waals surface area contributed by atoms with Crippen molar-refractivity contribution in [1.29, 1.82) is 0 Å². The quantitative estimate of drug-likeness (QED) is 0.828. The van der Waals surface area contributed by atoms with Crippen LogP contribution < -0.4 is 0 Å². The fourth-order valence-corrected chi connectivity index (χ4v) is 5.86. The highest BCUT2D eigenvalue weighted by Crippen LogP contribution is 2.24. The number of sulfonamides is 1. The van der Waals surface area contributed by atoms with E-state index in [0.717, 1.165) is 0 Å². The molecule has 106 valence electrons. The third-order valence-electron chi connectivity index (χ3n) is 3.28. The molecule has 5 nitrogen and oxygen atoms in total. The first-order chi connectivity index (χ1) is 8.87. The molecule has 1 aliphatic rings. The van der Waals surface area contributed by atoms with E-state index in [1.165, 1.54) is 16.4 Å². The maximum absolute atomic E-state index is 12.5. The van der Waals surface area contributed by atoms with Crippen LogP contribution in [0.5, 0.6) is 0 Å². The Morgan fingerprint density at radius 1 is 1.26 bits per heavy atom. The van der Waals surface area contributed by atoms with E-state index in [9.17, 15) is 16.8 Å². The summed E-state index contributed by atoms with van der Waals surface area (Å²) in [5, 5.41) is 0. The number of benzene rings is 1. The molecule has 1 heterocycles. The molecule has 2 rings (SSSR count). The monoisotopic (exact) mass is 303 g/mol. The van der Waals surface area contributed by atoms with Crippen LogP contribution in [0.1, 0.15) is 13.3 Å². The van der Waals surface area contributed by atoms with Crippen molar-refractivity contribution >= 4 is 19.9 Å². The van der Waals surface area contributed by atoms with Gasteiger partial charge in [0, 0.05) is 12.6 Å². The molecule has 1 fully saturated rings. The lowest BCUT2D eigenvalue weighted by molar-refractivity contribution is 0.354. The summed E-state index contributed by atoms with van der Waals surface area (Å²) in [6.45, 7) is 2.00. The lowest BCUT2D eigenvalue weighted by atomic mass is 10.3. The fourth-order valence-electron chi connectivity index (χ4n) is 2.35. The van der Waals surface area contributed by atoms with Crippen molar-refractivity contribution in [3.8, 4) is 0 Å². The molecule has 0 aromatic heterocycles. The first kappa shape index (κ1) is 14.5. The zero-order chi connectivity index (χ0) is 14.1. The van der Waals surface area contributed by atoms with Crippen LogP contribution in [-0.2, 0) is 19.9 Å². The van der Waals surface area contributed by atoms with Gasteiger partial charge in [0.1, 0.15) is 0 Å². The third kappa shape index (κ3) is 2.98. The summed E-state index contributed by atoms with van der Waals surface area (Å²) in [6, 6.07) is 7.68. The Kier molecular flexibility index (Phi) is 3.98. The number of hydrogen-bond donors (Lipinski definition) is 0. The predicted octanol–water partition coefficient (Wildman–Crippen LogP) is 0.884. The Bertz CT molecular complexity index is 638. The van der Waals surface area contributed by atoms with Crippen LogP contribution in [0.15, 0.2) is 35.2 Å². The average Bonchev–Trinajstić information content (AvgIpc) is 2.71. The van der Waals surface area contributed by atoms with Crippen molar-refractivity contribution in [2.45, 2.75) is 24.3 Å². The van der Waals surface area contributed by atoms with Gasteiger partial charge in [-0.15, -0.1) is 0 Å². The van der Waals surface area contributed by atoms with Crippen LogP contribution in [0.3, 0.4) is 0 Å². The molecule has 19 heavy (non-hydrogen) atoms. The predicted molar refractivity (Wildman–Crippen MR) is 73.1 cm³/mol. The summed E-state index contributed by atoms with van der Waals surface area (Å²) in [5.41, 5.74) is 0. The van der Waals surface area contributed by atoms with Gasteiger partial charge in [0.2, 0.25) is 10.0 Å². The highest BCUT2D eigenvalue weighted by Gasteiger charge is 2.37. The lowest BCUT2D eigenvalue weighted by Gasteiger charge is -2.25. The Balaban J connectivity index is 2.33. The summed E-state index contributed by atoms with van der Waals surface area (Å²) in [6.07, 6.45) is 0.377. The zero-order valence-corrected chi connectivity index (χ0v) is 12.3. The van der Waals surface area contributed by atoms with Crippen molar-refractivity contribution < 1.29 is 16.8 Å². The zero-order valence-electron chi connectivity index (χ0n) is 10.7. The Morgan fingerprint density at radius 3 is 2.37 bits per heavy atom. The van der Waals surface area contributed by atoms with Gasteiger partial charge in [-0.3, -0.25) is 0 Å². The summed E-state index contributed by atoms with van der Waals surface area (Å²) in [5.74, 6) is -0.00855. The molecule has 0 spiro atoms. The molecule has 0 radical (unpaired) electrons. The summed E-state index contributed by atoms with van der Waals surface area (Å²) < 4.78 is 49.3. The second kappa shape index (κ2) is 5.22. The van der Waals surface area contributed by atoms with E-state index >= 15 is 0 Å². The van der Waals surface area contributed by atoms with Gasteiger partial charge in [-0.25, -0.2) is 16.8 Å². The summed E-state index contributed by atoms with van der Waals surface area (Å²) in [7, 11) is -6.72. The van der Waals surface area contributed by atoms with Gasteiger partial charge < -0.3 is 0 Å². The smallest absolute Gasteiger partial charge is 0.229 e. The Hall–Kier alpha value is -0.920. The van der Waals surface area contributed by atoms with Crippen LogP contribution in [-0.4, -0.2) is 45.2 Å². The second-order valence-electron chi connectivity index (χ2n) is 4.58. The van der Waals surface area contributed by atoms with Crippen LogP contribution in [0.25, 0.3) is 0 Å². The van der Waals surface area contributed by atoms with Gasteiger partial charge in [0.05, 0.1) is 16.4 Å². The van der Waals surface area contributed by atoms with Crippen LogP contribution in [0.2, 0.25) is 0 Å². The van der Waals surface area contributed by atoms with Crippen molar-refractivity contribution in [3.05, 3.63) is 30.3 Å². The van der Waals surface area contributed by atoms with Crippen molar-refractivity contribution in [2.24, 2.45) is 0 Å². The Labute approximate surface area is 114 Å². The highest BCUT2D eigenvalue weighted by molar-refractivity contribution is 7.92. The molecule has 1 aliphatic heterocycles. The minimum Gasteiger partial charge on any atom is -0.229 e. The number of rotatable bonds is 4. The molecule has 0 aliphatic carbocycles. The van der Waals surface area contributed by atoms with E-state index in [0.29, 0.717) is 6.42 Å². The Morgan fingerprint density at radius 2 is 1.89 bits per heavy atom. The van der Waals surface area contributed by atoms with E-state index in [4.69, 9.17) is 0 Å². The van der Waals surface area contributed by atoms with Gasteiger partial charge >= 0.3 is 0 Å². The van der Waals surface area contributed by atoms with Gasteiger partial charge in [-0.1, -0.05) is 25.1 Å². The molecule has 1 atom stereocenters. The topological polar surface area (TPSA) is 71.5 Å². The van der Waals surface area contributed by atoms with Crippen LogP contribution in [0, 0.1) is 0 Å². The van der Waals surface area contributed by atoms with E-state index in [1.807, 2.05) is 0 Å². The average molecular weight is 303 g/mol. The first-order valence-corrected chi connectivity index (χ1v) is 9.40. The minimum atomic E-state index is -3.62. The van der Waals surface area contributed by atoms with Crippen molar-refractivity contribution in [3.63, 3.8) is 0 Å². The van der Waals surface area contributed by atoms with E-state index in [-0.39, 0.29) is 22.9 Å². The maximum atomic E-state index is 12.5. The second-order valence-corrected chi connectivity index (χ2v) is 8.70. The minimum absolute atomic E-state index is 0.0679. The van der Waals surface area contributed by atoms with Crippen molar-refractivity contribution in [1.82, 2.24) is 4.31 Å². The molecule has 0 amide bonds. The highest BCUT2D eigenvalue weighted by atomic mass is 32.2. The summed E-state index contributed by atoms with van der Waals surface area (Å²) >= 11 is 0. The van der Waals surface area contributed by atoms with Gasteiger partial charge in [-0.2, -0.15) is 4.31 Å². The molecule has 1 aromatic carbocycles. The molecule has 0 N–H and O–H groups in total. The molecule has 1 aromatic rings. The van der Waals surface area contributed by atoms with Gasteiger partial charge in [0.25, 0.3) is 0 Å². The fraction of sp³-hybridized carbons (Fsp3) is 0.500. The van der Waals surface area contributed by atoms with Gasteiger partial charge in [-0.05, 0) is 18.6 Å². The first-order valence-electron chi connectivity index (χ1n) is 6.14. The summed E-state index contributed by atoms with van der Waals surface area (Å²) in [4.78, 5) is 0.209. The van der Waals surface area contributed by atoms with Crippen LogP contribution in [0.4, 0.5) is 0 Å². The molecule has 0 saturated carbocycles. The molecular formula is C12H17NO4S2.